The largest absolute Gasteiger partial charge is 0.506 e. The van der Waals surface area contributed by atoms with Gasteiger partial charge in [-0.05, 0) is 35.4 Å². The van der Waals surface area contributed by atoms with Crippen molar-refractivity contribution < 1.29 is 29.3 Å². The zero-order valence-electron chi connectivity index (χ0n) is 13.9. The summed E-state index contributed by atoms with van der Waals surface area (Å²) in [7, 11) is 3.03. The lowest BCUT2D eigenvalue weighted by Crippen LogP contribution is -2.15. The molecule has 7 nitrogen and oxygen atoms in total. The van der Waals surface area contributed by atoms with Gasteiger partial charge < -0.3 is 25.0 Å². The van der Waals surface area contributed by atoms with E-state index in [-0.39, 0.29) is 30.2 Å². The van der Waals surface area contributed by atoms with E-state index in [0.29, 0.717) is 22.6 Å². The molecule has 0 aliphatic rings. The van der Waals surface area contributed by atoms with E-state index in [1.807, 2.05) is 0 Å². The standard InChI is InChI=1S/C18H19NO6/c1-24-15-6-4-12(8-16(15)25-2)9-17(21)19-13-7-11(10-18(22)23)3-5-14(13)20/h3-8,20H,9-10H2,1-2H3,(H,19,21)(H,22,23). The summed E-state index contributed by atoms with van der Waals surface area (Å²) in [5, 5.41) is 21.2. The van der Waals surface area contributed by atoms with Crippen molar-refractivity contribution in [1.82, 2.24) is 0 Å². The monoisotopic (exact) mass is 345 g/mol. The van der Waals surface area contributed by atoms with Gasteiger partial charge in [-0.3, -0.25) is 9.59 Å². The van der Waals surface area contributed by atoms with Crippen LogP contribution in [0.25, 0.3) is 0 Å². The number of carboxylic acids is 1. The van der Waals surface area contributed by atoms with Crippen LogP contribution < -0.4 is 14.8 Å². The van der Waals surface area contributed by atoms with E-state index < -0.39 is 5.97 Å². The predicted molar refractivity (Wildman–Crippen MR) is 91.3 cm³/mol. The Morgan fingerprint density at radius 1 is 0.960 bits per heavy atom. The number of hydrogen-bond donors (Lipinski definition) is 3. The summed E-state index contributed by atoms with van der Waals surface area (Å²) in [6.45, 7) is 0. The predicted octanol–water partition coefficient (Wildman–Crippen LogP) is 2.22. The minimum Gasteiger partial charge on any atom is -0.506 e. The highest BCUT2D eigenvalue weighted by atomic mass is 16.5. The molecule has 0 radical (unpaired) electrons. The molecule has 2 rings (SSSR count). The number of carbonyl (C=O) groups is 2. The second kappa shape index (κ2) is 8.05. The van der Waals surface area contributed by atoms with Gasteiger partial charge in [0.15, 0.2) is 11.5 Å². The number of phenols is 1. The molecule has 0 spiro atoms. The molecule has 0 bridgehead atoms. The summed E-state index contributed by atoms with van der Waals surface area (Å²) in [5.41, 5.74) is 1.35. The van der Waals surface area contributed by atoms with Crippen LogP contribution in [0.2, 0.25) is 0 Å². The fourth-order valence-corrected chi connectivity index (χ4v) is 2.34. The van der Waals surface area contributed by atoms with Gasteiger partial charge in [0.25, 0.3) is 0 Å². The molecule has 2 aromatic rings. The van der Waals surface area contributed by atoms with Crippen molar-refractivity contribution in [3.8, 4) is 17.2 Å². The Balaban J connectivity index is 2.11. The molecule has 0 saturated heterocycles. The van der Waals surface area contributed by atoms with Gasteiger partial charge in [-0.2, -0.15) is 0 Å². The SMILES string of the molecule is COc1ccc(CC(=O)Nc2cc(CC(=O)O)ccc2O)cc1OC. The van der Waals surface area contributed by atoms with Gasteiger partial charge >= 0.3 is 5.97 Å². The first kappa shape index (κ1) is 18.1. The third-order valence-corrected chi connectivity index (χ3v) is 3.50. The number of benzene rings is 2. The number of amides is 1. The molecule has 132 valence electrons. The van der Waals surface area contributed by atoms with Crippen LogP contribution in [-0.4, -0.2) is 36.3 Å². The van der Waals surface area contributed by atoms with Crippen LogP contribution in [0.3, 0.4) is 0 Å². The van der Waals surface area contributed by atoms with Crippen molar-refractivity contribution in [3.05, 3.63) is 47.5 Å². The smallest absolute Gasteiger partial charge is 0.307 e. The lowest BCUT2D eigenvalue weighted by atomic mass is 10.1. The van der Waals surface area contributed by atoms with E-state index in [0.717, 1.165) is 0 Å². The molecule has 0 saturated carbocycles. The quantitative estimate of drug-likeness (QED) is 0.665. The molecule has 0 aromatic heterocycles. The number of phenolic OH excluding ortho intramolecular Hbond substituents is 1. The number of anilines is 1. The number of carboxylic acid groups (broad SMARTS) is 1. The maximum absolute atomic E-state index is 12.2. The average Bonchev–Trinajstić information content (AvgIpc) is 2.57. The highest BCUT2D eigenvalue weighted by Crippen LogP contribution is 2.28. The molecule has 0 fully saturated rings. The lowest BCUT2D eigenvalue weighted by Gasteiger charge is -2.11. The van der Waals surface area contributed by atoms with Crippen molar-refractivity contribution in [2.24, 2.45) is 0 Å². The van der Waals surface area contributed by atoms with Gasteiger partial charge in [0.2, 0.25) is 5.91 Å². The Bertz CT molecular complexity index is 787. The van der Waals surface area contributed by atoms with Crippen LogP contribution >= 0.6 is 0 Å². The van der Waals surface area contributed by atoms with Crippen LogP contribution in [0, 0.1) is 0 Å². The van der Waals surface area contributed by atoms with Gasteiger partial charge in [0.1, 0.15) is 5.75 Å². The maximum atomic E-state index is 12.2. The van der Waals surface area contributed by atoms with Gasteiger partial charge in [-0.25, -0.2) is 0 Å². The summed E-state index contributed by atoms with van der Waals surface area (Å²) in [5.74, 6) is -0.400. The summed E-state index contributed by atoms with van der Waals surface area (Å²) in [6.07, 6.45) is -0.137. The molecular formula is C18H19NO6. The van der Waals surface area contributed by atoms with Gasteiger partial charge in [0.05, 0.1) is 32.7 Å². The zero-order chi connectivity index (χ0) is 18.4. The molecule has 0 unspecified atom stereocenters. The Morgan fingerprint density at radius 3 is 2.24 bits per heavy atom. The molecule has 7 heteroatoms. The summed E-state index contributed by atoms with van der Waals surface area (Å²) in [4.78, 5) is 23.0. The van der Waals surface area contributed by atoms with Crippen molar-refractivity contribution in [2.75, 3.05) is 19.5 Å². The molecule has 3 N–H and O–H groups in total. The summed E-state index contributed by atoms with van der Waals surface area (Å²) >= 11 is 0. The molecule has 0 atom stereocenters. The lowest BCUT2D eigenvalue weighted by molar-refractivity contribution is -0.136. The zero-order valence-corrected chi connectivity index (χ0v) is 13.9. The van der Waals surface area contributed by atoms with E-state index in [1.54, 1.807) is 18.2 Å². The van der Waals surface area contributed by atoms with E-state index in [4.69, 9.17) is 14.6 Å². The van der Waals surface area contributed by atoms with Gasteiger partial charge in [-0.1, -0.05) is 12.1 Å². The van der Waals surface area contributed by atoms with E-state index in [2.05, 4.69) is 5.32 Å². The first-order chi connectivity index (χ1) is 11.9. The maximum Gasteiger partial charge on any atom is 0.307 e. The van der Waals surface area contributed by atoms with E-state index >= 15 is 0 Å². The molecule has 0 aliphatic heterocycles. The number of aromatic hydroxyl groups is 1. The Labute approximate surface area is 144 Å². The molecular weight excluding hydrogens is 326 g/mol. The normalized spacial score (nSPS) is 10.2. The third kappa shape index (κ3) is 4.87. The Hall–Kier alpha value is -3.22. The Morgan fingerprint density at radius 2 is 1.60 bits per heavy atom. The van der Waals surface area contributed by atoms with Gasteiger partial charge in [-0.15, -0.1) is 0 Å². The Kier molecular flexibility index (Phi) is 5.84. The van der Waals surface area contributed by atoms with Gasteiger partial charge in [0, 0.05) is 0 Å². The fraction of sp³-hybridized carbons (Fsp3) is 0.222. The topological polar surface area (TPSA) is 105 Å². The number of ether oxygens (including phenoxy) is 2. The average molecular weight is 345 g/mol. The summed E-state index contributed by atoms with van der Waals surface area (Å²) in [6, 6.07) is 9.42. The number of rotatable bonds is 7. The third-order valence-electron chi connectivity index (χ3n) is 3.50. The van der Waals surface area contributed by atoms with Crippen molar-refractivity contribution >= 4 is 17.6 Å². The van der Waals surface area contributed by atoms with E-state index in [1.165, 1.54) is 32.4 Å². The highest BCUT2D eigenvalue weighted by Gasteiger charge is 2.12. The second-order valence-electron chi connectivity index (χ2n) is 5.34. The van der Waals surface area contributed by atoms with Crippen LogP contribution in [0.4, 0.5) is 5.69 Å². The minimum atomic E-state index is -0.992. The molecule has 25 heavy (non-hydrogen) atoms. The number of aliphatic carboxylic acids is 1. The summed E-state index contributed by atoms with van der Waals surface area (Å²) < 4.78 is 10.3. The number of nitrogens with one attached hydrogen (secondary N) is 1. The van der Waals surface area contributed by atoms with Crippen LogP contribution in [0.5, 0.6) is 17.2 Å². The minimum absolute atomic E-state index is 0.0585. The first-order valence-electron chi connectivity index (χ1n) is 7.47. The van der Waals surface area contributed by atoms with Crippen LogP contribution in [0.15, 0.2) is 36.4 Å². The number of carbonyl (C=O) groups excluding carboxylic acids is 1. The van der Waals surface area contributed by atoms with E-state index in [9.17, 15) is 14.7 Å². The molecule has 0 aliphatic carbocycles. The second-order valence-corrected chi connectivity index (χ2v) is 5.34. The van der Waals surface area contributed by atoms with Crippen LogP contribution in [0.1, 0.15) is 11.1 Å². The van der Waals surface area contributed by atoms with Crippen molar-refractivity contribution in [2.45, 2.75) is 12.8 Å². The molecule has 1 amide bonds. The van der Waals surface area contributed by atoms with Crippen LogP contribution in [-0.2, 0) is 22.4 Å². The van der Waals surface area contributed by atoms with Crippen molar-refractivity contribution in [3.63, 3.8) is 0 Å². The van der Waals surface area contributed by atoms with Crippen molar-refractivity contribution in [1.29, 1.82) is 0 Å². The highest BCUT2D eigenvalue weighted by molar-refractivity contribution is 5.94. The molecule has 0 heterocycles. The number of hydrogen-bond acceptors (Lipinski definition) is 5. The fourth-order valence-electron chi connectivity index (χ4n) is 2.34. The number of methoxy groups -OCH3 is 2. The first-order valence-corrected chi connectivity index (χ1v) is 7.47. The molecule has 2 aromatic carbocycles.